The third-order valence-electron chi connectivity index (χ3n) is 2.85. The van der Waals surface area contributed by atoms with Crippen molar-refractivity contribution in [2.75, 3.05) is 0 Å². The summed E-state index contributed by atoms with van der Waals surface area (Å²) in [6.07, 6.45) is 0. The number of H-pyrrole nitrogens is 1. The van der Waals surface area contributed by atoms with Gasteiger partial charge in [0.1, 0.15) is 11.5 Å². The standard InChI is InChI=1S/C13H6BrF3N2S/c14-6-1-2-11-10(3-6)18-13(20)19(11)12-8(16)4-7(15)5-9(12)17/h1-5H,(H,18,20). The molecule has 0 fully saturated rings. The minimum Gasteiger partial charge on any atom is -0.330 e. The molecule has 0 radical (unpaired) electrons. The Bertz CT molecular complexity index is 862. The summed E-state index contributed by atoms with van der Waals surface area (Å²) in [4.78, 5) is 2.86. The number of rotatable bonds is 1. The highest BCUT2D eigenvalue weighted by atomic mass is 79.9. The van der Waals surface area contributed by atoms with E-state index in [1.54, 1.807) is 18.2 Å². The van der Waals surface area contributed by atoms with E-state index in [-0.39, 0.29) is 4.77 Å². The maximum absolute atomic E-state index is 13.9. The molecular formula is C13H6BrF3N2S. The Morgan fingerprint density at radius 1 is 1.05 bits per heavy atom. The smallest absolute Gasteiger partial charge is 0.182 e. The van der Waals surface area contributed by atoms with E-state index in [4.69, 9.17) is 12.2 Å². The Kier molecular flexibility index (Phi) is 3.18. The summed E-state index contributed by atoms with van der Waals surface area (Å²) in [5, 5.41) is 0. The highest BCUT2D eigenvalue weighted by Gasteiger charge is 2.17. The molecule has 0 saturated carbocycles. The lowest BCUT2D eigenvalue weighted by Gasteiger charge is -2.07. The van der Waals surface area contributed by atoms with Crippen molar-refractivity contribution < 1.29 is 13.2 Å². The van der Waals surface area contributed by atoms with E-state index in [1.165, 1.54) is 4.57 Å². The van der Waals surface area contributed by atoms with E-state index in [2.05, 4.69) is 20.9 Å². The van der Waals surface area contributed by atoms with Crippen LogP contribution in [0.3, 0.4) is 0 Å². The maximum Gasteiger partial charge on any atom is 0.182 e. The Balaban J connectivity index is 2.41. The molecule has 102 valence electrons. The quantitative estimate of drug-likeness (QED) is 0.615. The van der Waals surface area contributed by atoms with E-state index in [9.17, 15) is 13.2 Å². The number of nitrogens with one attached hydrogen (secondary N) is 1. The van der Waals surface area contributed by atoms with Crippen LogP contribution in [-0.4, -0.2) is 9.55 Å². The summed E-state index contributed by atoms with van der Waals surface area (Å²) in [5.74, 6) is -3.00. The predicted octanol–water partition coefficient (Wildman–Crippen LogP) is 4.87. The molecule has 1 heterocycles. The van der Waals surface area contributed by atoms with Crippen molar-refractivity contribution >= 4 is 39.2 Å². The topological polar surface area (TPSA) is 20.7 Å². The lowest BCUT2D eigenvalue weighted by Crippen LogP contribution is -2.02. The number of benzene rings is 2. The molecule has 0 aliphatic heterocycles. The molecule has 3 aromatic rings. The number of aromatic amines is 1. The van der Waals surface area contributed by atoms with E-state index < -0.39 is 23.1 Å². The highest BCUT2D eigenvalue weighted by molar-refractivity contribution is 9.10. The third kappa shape index (κ3) is 2.06. The van der Waals surface area contributed by atoms with Crippen LogP contribution < -0.4 is 0 Å². The summed E-state index contributed by atoms with van der Waals surface area (Å²) < 4.78 is 42.9. The molecule has 3 rings (SSSR count). The normalized spacial score (nSPS) is 11.2. The predicted molar refractivity (Wildman–Crippen MR) is 76.0 cm³/mol. The van der Waals surface area contributed by atoms with E-state index in [1.807, 2.05) is 0 Å². The van der Waals surface area contributed by atoms with Gasteiger partial charge in [0.05, 0.1) is 11.0 Å². The van der Waals surface area contributed by atoms with Gasteiger partial charge in [0.25, 0.3) is 0 Å². The molecular weight excluding hydrogens is 353 g/mol. The molecule has 0 atom stereocenters. The SMILES string of the molecule is Fc1cc(F)c(-n2c(=S)[nH]c3cc(Br)ccc32)c(F)c1. The van der Waals surface area contributed by atoms with Crippen molar-refractivity contribution in [3.05, 3.63) is 57.0 Å². The van der Waals surface area contributed by atoms with Crippen LogP contribution in [0.1, 0.15) is 0 Å². The van der Waals surface area contributed by atoms with Gasteiger partial charge >= 0.3 is 0 Å². The fraction of sp³-hybridized carbons (Fsp3) is 0. The Morgan fingerprint density at radius 3 is 2.35 bits per heavy atom. The van der Waals surface area contributed by atoms with Gasteiger partial charge in [-0.05, 0) is 30.4 Å². The van der Waals surface area contributed by atoms with Crippen molar-refractivity contribution in [1.29, 1.82) is 0 Å². The van der Waals surface area contributed by atoms with Crippen LogP contribution in [0.5, 0.6) is 0 Å². The molecule has 20 heavy (non-hydrogen) atoms. The van der Waals surface area contributed by atoms with Gasteiger partial charge in [-0.1, -0.05) is 15.9 Å². The molecule has 0 aliphatic carbocycles. The molecule has 0 aliphatic rings. The lowest BCUT2D eigenvalue weighted by atomic mass is 10.2. The Labute approximate surface area is 125 Å². The zero-order valence-electron chi connectivity index (χ0n) is 9.75. The van der Waals surface area contributed by atoms with Crippen molar-refractivity contribution in [2.24, 2.45) is 0 Å². The van der Waals surface area contributed by atoms with Gasteiger partial charge in [0.15, 0.2) is 16.4 Å². The summed E-state index contributed by atoms with van der Waals surface area (Å²) in [5.41, 5.74) is 0.722. The van der Waals surface area contributed by atoms with Crippen molar-refractivity contribution in [3.63, 3.8) is 0 Å². The van der Waals surface area contributed by atoms with Crippen molar-refractivity contribution in [1.82, 2.24) is 9.55 Å². The zero-order valence-corrected chi connectivity index (χ0v) is 12.2. The van der Waals surface area contributed by atoms with Crippen LogP contribution in [0.25, 0.3) is 16.7 Å². The molecule has 1 N–H and O–H groups in total. The summed E-state index contributed by atoms with van der Waals surface area (Å²) in [7, 11) is 0. The summed E-state index contributed by atoms with van der Waals surface area (Å²) in [6, 6.07) is 6.37. The molecule has 2 nitrogen and oxygen atoms in total. The average Bonchev–Trinajstić information content (AvgIpc) is 2.64. The van der Waals surface area contributed by atoms with Crippen molar-refractivity contribution in [2.45, 2.75) is 0 Å². The van der Waals surface area contributed by atoms with Gasteiger partial charge in [-0.3, -0.25) is 4.57 Å². The van der Waals surface area contributed by atoms with E-state index >= 15 is 0 Å². The summed E-state index contributed by atoms with van der Waals surface area (Å²) >= 11 is 8.40. The van der Waals surface area contributed by atoms with Gasteiger partial charge in [0, 0.05) is 16.6 Å². The van der Waals surface area contributed by atoms with Gasteiger partial charge in [-0.25, -0.2) is 13.2 Å². The number of hydrogen-bond acceptors (Lipinski definition) is 1. The van der Waals surface area contributed by atoms with Crippen LogP contribution in [0.2, 0.25) is 0 Å². The Morgan fingerprint density at radius 2 is 1.70 bits per heavy atom. The molecule has 0 saturated heterocycles. The summed E-state index contributed by atoms with van der Waals surface area (Å²) in [6.45, 7) is 0. The number of nitrogens with zero attached hydrogens (tertiary/aromatic N) is 1. The van der Waals surface area contributed by atoms with E-state index in [0.717, 1.165) is 4.47 Å². The highest BCUT2D eigenvalue weighted by Crippen LogP contribution is 2.26. The first-order chi connectivity index (χ1) is 9.47. The molecule has 0 amide bonds. The van der Waals surface area contributed by atoms with Crippen LogP contribution in [0.4, 0.5) is 13.2 Å². The van der Waals surface area contributed by atoms with Crippen LogP contribution >= 0.6 is 28.1 Å². The zero-order chi connectivity index (χ0) is 14.4. The largest absolute Gasteiger partial charge is 0.330 e. The second-order valence-corrected chi connectivity index (χ2v) is 5.45. The molecule has 1 aromatic heterocycles. The Hall–Kier alpha value is -1.60. The van der Waals surface area contributed by atoms with Crippen molar-refractivity contribution in [3.8, 4) is 5.69 Å². The molecule has 0 spiro atoms. The number of fused-ring (bicyclic) bond motifs is 1. The first-order valence-electron chi connectivity index (χ1n) is 5.52. The van der Waals surface area contributed by atoms with Gasteiger partial charge in [-0.15, -0.1) is 0 Å². The molecule has 7 heteroatoms. The number of aromatic nitrogens is 2. The monoisotopic (exact) mass is 358 g/mol. The number of halogens is 4. The van der Waals surface area contributed by atoms with E-state index in [0.29, 0.717) is 23.2 Å². The first-order valence-corrected chi connectivity index (χ1v) is 6.72. The minimum absolute atomic E-state index is 0.127. The number of hydrogen-bond donors (Lipinski definition) is 1. The fourth-order valence-electron chi connectivity index (χ4n) is 2.05. The fourth-order valence-corrected chi connectivity index (χ4v) is 2.71. The third-order valence-corrected chi connectivity index (χ3v) is 3.63. The first kappa shape index (κ1) is 13.4. The lowest BCUT2D eigenvalue weighted by molar-refractivity contribution is 0.535. The van der Waals surface area contributed by atoms with Crippen LogP contribution in [0.15, 0.2) is 34.8 Å². The molecule has 0 unspecified atom stereocenters. The second kappa shape index (κ2) is 4.75. The minimum atomic E-state index is -1.01. The molecule has 0 bridgehead atoms. The second-order valence-electron chi connectivity index (χ2n) is 4.15. The number of imidazole rings is 1. The molecule has 2 aromatic carbocycles. The van der Waals surface area contributed by atoms with Gasteiger partial charge < -0.3 is 4.98 Å². The maximum atomic E-state index is 13.9. The van der Waals surface area contributed by atoms with Gasteiger partial charge in [0.2, 0.25) is 0 Å². The van der Waals surface area contributed by atoms with Crippen LogP contribution in [-0.2, 0) is 0 Å². The van der Waals surface area contributed by atoms with Crippen LogP contribution in [0, 0.1) is 22.2 Å². The average molecular weight is 359 g/mol. The van der Waals surface area contributed by atoms with Gasteiger partial charge in [-0.2, -0.15) is 0 Å².